The topological polar surface area (TPSA) is 90.0 Å². The fourth-order valence-corrected chi connectivity index (χ4v) is 6.34. The largest absolute Gasteiger partial charge is 0.491 e. The lowest BCUT2D eigenvalue weighted by atomic mass is 10.0. The van der Waals surface area contributed by atoms with Crippen LogP contribution >= 0.6 is 11.8 Å². The van der Waals surface area contributed by atoms with Crippen LogP contribution in [-0.4, -0.2) is 37.6 Å². The number of para-hydroxylation sites is 1. The predicted molar refractivity (Wildman–Crippen MR) is 162 cm³/mol. The van der Waals surface area contributed by atoms with E-state index in [0.29, 0.717) is 5.56 Å². The molecule has 1 aliphatic heterocycles. The first kappa shape index (κ1) is 28.4. The van der Waals surface area contributed by atoms with Gasteiger partial charge in [-0.1, -0.05) is 74.5 Å². The smallest absolute Gasteiger partial charge is 0.339 e. The summed E-state index contributed by atoms with van der Waals surface area (Å²) in [6.45, 7) is 6.37. The molecule has 0 atom stereocenters. The van der Waals surface area contributed by atoms with Gasteiger partial charge in [-0.25, -0.2) is 0 Å². The number of fused-ring (bicyclic) bond motifs is 1. The van der Waals surface area contributed by atoms with Crippen LogP contribution in [0.25, 0.3) is 16.8 Å². The average Bonchev–Trinajstić information content (AvgIpc) is 3.21. The van der Waals surface area contributed by atoms with Crippen LogP contribution in [0.5, 0.6) is 11.5 Å². The van der Waals surface area contributed by atoms with E-state index in [1.807, 2.05) is 49.4 Å². The molecule has 4 aromatic carbocycles. The molecule has 5 rings (SSSR count). The number of imide groups is 1. The quantitative estimate of drug-likeness (QED) is 0.152. The zero-order valence-corrected chi connectivity index (χ0v) is 24.5. The van der Waals surface area contributed by atoms with E-state index < -0.39 is 21.3 Å². The van der Waals surface area contributed by atoms with Gasteiger partial charge in [-0.15, -0.1) is 0 Å². The molecule has 1 heterocycles. The highest BCUT2D eigenvalue weighted by Gasteiger charge is 2.35. The van der Waals surface area contributed by atoms with Gasteiger partial charge >= 0.3 is 10.1 Å². The SMILES string of the molecule is Cc1ccc(C(C)C)c(OCCN2C(=O)S/C(=C\c3ccccc3OS(=O)(=O)c3ccc4ccccc4c3)C2=O)c1. The second-order valence-corrected chi connectivity index (χ2v) is 12.5. The fraction of sp³-hybridized carbons (Fsp3) is 0.188. The lowest BCUT2D eigenvalue weighted by Gasteiger charge is -2.17. The molecule has 1 aliphatic rings. The van der Waals surface area contributed by atoms with E-state index in [-0.39, 0.29) is 34.6 Å². The van der Waals surface area contributed by atoms with Gasteiger partial charge in [-0.05, 0) is 76.8 Å². The predicted octanol–water partition coefficient (Wildman–Crippen LogP) is 7.15. The van der Waals surface area contributed by atoms with Gasteiger partial charge in [0.15, 0.2) is 0 Å². The number of benzene rings is 4. The summed E-state index contributed by atoms with van der Waals surface area (Å²) in [7, 11) is -4.16. The molecule has 0 aromatic heterocycles. The Labute approximate surface area is 243 Å². The zero-order valence-electron chi connectivity index (χ0n) is 22.9. The summed E-state index contributed by atoms with van der Waals surface area (Å²) < 4.78 is 37.8. The number of carbonyl (C=O) groups excluding carboxylic acids is 2. The third-order valence-electron chi connectivity index (χ3n) is 6.65. The molecule has 0 N–H and O–H groups in total. The number of nitrogens with zero attached hydrogens (tertiary/aromatic N) is 1. The standard InChI is InChI=1S/C32H29NO6S2/c1-21(2)27-15-12-22(3)18-29(27)38-17-16-33-31(34)30(40-32(33)35)20-25-10-6-7-11-28(25)39-41(36,37)26-14-13-23-8-4-5-9-24(23)19-26/h4-15,18-21H,16-17H2,1-3H3/b30-20-. The average molecular weight is 588 g/mol. The first-order valence-corrected chi connectivity index (χ1v) is 15.4. The summed E-state index contributed by atoms with van der Waals surface area (Å²) in [4.78, 5) is 27.2. The van der Waals surface area contributed by atoms with Crippen LogP contribution < -0.4 is 8.92 Å². The Hall–Kier alpha value is -4.08. The summed E-state index contributed by atoms with van der Waals surface area (Å²) in [6, 6.07) is 24.7. The van der Waals surface area contributed by atoms with Gasteiger partial charge in [0.1, 0.15) is 23.0 Å². The Kier molecular flexibility index (Phi) is 8.19. The van der Waals surface area contributed by atoms with Gasteiger partial charge in [0.05, 0.1) is 11.4 Å². The first-order chi connectivity index (χ1) is 19.6. The van der Waals surface area contributed by atoms with Gasteiger partial charge in [0.2, 0.25) is 0 Å². The van der Waals surface area contributed by atoms with Crippen molar-refractivity contribution in [1.82, 2.24) is 4.90 Å². The molecule has 0 spiro atoms. The molecule has 0 aliphatic carbocycles. The number of rotatable bonds is 9. The van der Waals surface area contributed by atoms with Crippen LogP contribution in [-0.2, 0) is 14.9 Å². The van der Waals surface area contributed by atoms with E-state index in [4.69, 9.17) is 8.92 Å². The summed E-state index contributed by atoms with van der Waals surface area (Å²) in [6.07, 6.45) is 1.48. The molecule has 0 saturated carbocycles. The number of amides is 2. The maximum Gasteiger partial charge on any atom is 0.339 e. The van der Waals surface area contributed by atoms with Gasteiger partial charge in [-0.2, -0.15) is 8.42 Å². The van der Waals surface area contributed by atoms with Crippen molar-refractivity contribution in [2.24, 2.45) is 0 Å². The van der Waals surface area contributed by atoms with Crippen LogP contribution in [0.4, 0.5) is 4.79 Å². The molecule has 7 nitrogen and oxygen atoms in total. The molecule has 0 radical (unpaired) electrons. The minimum Gasteiger partial charge on any atom is -0.491 e. The van der Waals surface area contributed by atoms with Crippen LogP contribution in [0.15, 0.2) is 94.7 Å². The summed E-state index contributed by atoms with van der Waals surface area (Å²) in [5.74, 6) is 0.583. The number of aryl methyl sites for hydroxylation is 1. The molecule has 0 unspecified atom stereocenters. The molecule has 9 heteroatoms. The van der Waals surface area contributed by atoms with Crippen molar-refractivity contribution >= 4 is 49.9 Å². The third-order valence-corrected chi connectivity index (χ3v) is 8.79. The number of hydrogen-bond acceptors (Lipinski definition) is 7. The van der Waals surface area contributed by atoms with Crippen LogP contribution in [0, 0.1) is 6.92 Å². The van der Waals surface area contributed by atoms with Crippen molar-refractivity contribution in [3.63, 3.8) is 0 Å². The van der Waals surface area contributed by atoms with Gasteiger partial charge in [0.25, 0.3) is 11.1 Å². The minimum absolute atomic E-state index is 0.0144. The monoisotopic (exact) mass is 587 g/mol. The number of hydrogen-bond donors (Lipinski definition) is 0. The van der Waals surface area contributed by atoms with Crippen molar-refractivity contribution in [2.45, 2.75) is 31.6 Å². The Morgan fingerprint density at radius 2 is 1.61 bits per heavy atom. The molecule has 4 aromatic rings. The Morgan fingerprint density at radius 3 is 2.39 bits per heavy atom. The van der Waals surface area contributed by atoms with Gasteiger partial charge in [0, 0.05) is 5.56 Å². The Bertz CT molecular complexity index is 1780. The molecule has 1 saturated heterocycles. The molecule has 2 amide bonds. The normalized spacial score (nSPS) is 14.8. The van der Waals surface area contributed by atoms with Crippen molar-refractivity contribution in [1.29, 1.82) is 0 Å². The van der Waals surface area contributed by atoms with Gasteiger partial charge < -0.3 is 8.92 Å². The van der Waals surface area contributed by atoms with Crippen LogP contribution in [0.1, 0.15) is 36.5 Å². The summed E-state index contributed by atoms with van der Waals surface area (Å²) >= 11 is 0.796. The highest BCUT2D eigenvalue weighted by Crippen LogP contribution is 2.35. The molecule has 210 valence electrons. The molecular weight excluding hydrogens is 558 g/mol. The van der Waals surface area contributed by atoms with Crippen LogP contribution in [0.2, 0.25) is 0 Å². The minimum atomic E-state index is -4.16. The van der Waals surface area contributed by atoms with Crippen molar-refractivity contribution in [3.05, 3.63) is 107 Å². The molecule has 0 bridgehead atoms. The maximum absolute atomic E-state index is 13.1. The zero-order chi connectivity index (χ0) is 29.1. The van der Waals surface area contributed by atoms with Gasteiger partial charge in [-0.3, -0.25) is 14.5 Å². The Balaban J connectivity index is 1.31. The third kappa shape index (κ3) is 6.31. The Morgan fingerprint density at radius 1 is 0.878 bits per heavy atom. The molecule has 1 fully saturated rings. The van der Waals surface area contributed by atoms with Crippen molar-refractivity contribution in [3.8, 4) is 11.5 Å². The van der Waals surface area contributed by atoms with Crippen molar-refractivity contribution < 1.29 is 26.9 Å². The van der Waals surface area contributed by atoms with E-state index >= 15 is 0 Å². The lowest BCUT2D eigenvalue weighted by Crippen LogP contribution is -2.32. The van der Waals surface area contributed by atoms with E-state index in [9.17, 15) is 18.0 Å². The fourth-order valence-electron chi connectivity index (χ4n) is 4.49. The lowest BCUT2D eigenvalue weighted by molar-refractivity contribution is -0.123. The highest BCUT2D eigenvalue weighted by molar-refractivity contribution is 8.18. The van der Waals surface area contributed by atoms with E-state index in [1.54, 1.807) is 30.3 Å². The first-order valence-electron chi connectivity index (χ1n) is 13.1. The summed E-state index contributed by atoms with van der Waals surface area (Å²) in [5, 5.41) is 1.26. The second kappa shape index (κ2) is 11.8. The summed E-state index contributed by atoms with van der Waals surface area (Å²) in [5.41, 5.74) is 2.47. The number of ether oxygens (including phenoxy) is 1. The van der Waals surface area contributed by atoms with E-state index in [0.717, 1.165) is 44.3 Å². The highest BCUT2D eigenvalue weighted by atomic mass is 32.2. The van der Waals surface area contributed by atoms with Crippen LogP contribution in [0.3, 0.4) is 0 Å². The van der Waals surface area contributed by atoms with E-state index in [1.165, 1.54) is 18.2 Å². The second-order valence-electron chi connectivity index (χ2n) is 9.96. The maximum atomic E-state index is 13.1. The number of thioether (sulfide) groups is 1. The number of carbonyl (C=O) groups is 2. The molecular formula is C32H29NO6S2. The van der Waals surface area contributed by atoms with Crippen molar-refractivity contribution in [2.75, 3.05) is 13.2 Å². The van der Waals surface area contributed by atoms with E-state index in [2.05, 4.69) is 13.8 Å². The molecule has 41 heavy (non-hydrogen) atoms.